The molecule has 5 heterocycles. The molecule has 1 aliphatic carbocycles. The molecular weight excluding hydrogens is 446 g/mol. The van der Waals surface area contributed by atoms with Crippen LogP contribution in [0.2, 0.25) is 0 Å². The molecule has 10 nitrogen and oxygen atoms in total. The quantitative estimate of drug-likeness (QED) is 0.562. The maximum absolute atomic E-state index is 12.7. The number of carbonyl (C=O) groups is 1. The predicted molar refractivity (Wildman–Crippen MR) is 129 cm³/mol. The summed E-state index contributed by atoms with van der Waals surface area (Å²) in [7, 11) is 0. The molecule has 2 saturated heterocycles. The highest BCUT2D eigenvalue weighted by Crippen LogP contribution is 2.35. The van der Waals surface area contributed by atoms with Crippen LogP contribution in [-0.4, -0.2) is 81.5 Å². The van der Waals surface area contributed by atoms with Gasteiger partial charge in [0.15, 0.2) is 11.2 Å². The SMILES string of the molecule is C#C[C@@]1(OC(=O)N2CCN(c3ccn4ncc(-c5cccnc5OC5CC5)c4n3)CC2)CCNC1. The lowest BCUT2D eigenvalue weighted by molar-refractivity contribution is 0.0360. The molecule has 180 valence electrons. The molecule has 1 atom stereocenters. The van der Waals surface area contributed by atoms with Crippen molar-refractivity contribution in [3.63, 3.8) is 0 Å². The Morgan fingerprint density at radius 1 is 1.20 bits per heavy atom. The first kappa shape index (κ1) is 21.7. The number of nitrogens with zero attached hydrogens (tertiary/aromatic N) is 6. The van der Waals surface area contributed by atoms with Crippen LogP contribution in [0.3, 0.4) is 0 Å². The van der Waals surface area contributed by atoms with Gasteiger partial charge in [0.25, 0.3) is 0 Å². The molecule has 3 aromatic rings. The summed E-state index contributed by atoms with van der Waals surface area (Å²) >= 11 is 0. The van der Waals surface area contributed by atoms with E-state index < -0.39 is 5.60 Å². The maximum Gasteiger partial charge on any atom is 0.411 e. The van der Waals surface area contributed by atoms with Crippen LogP contribution in [-0.2, 0) is 4.74 Å². The number of piperazine rings is 1. The van der Waals surface area contributed by atoms with Crippen LogP contribution < -0.4 is 15.0 Å². The van der Waals surface area contributed by atoms with Gasteiger partial charge in [-0.2, -0.15) is 5.10 Å². The van der Waals surface area contributed by atoms with Gasteiger partial charge >= 0.3 is 6.09 Å². The van der Waals surface area contributed by atoms with E-state index >= 15 is 0 Å². The van der Waals surface area contributed by atoms with Gasteiger partial charge in [-0.05, 0) is 31.0 Å². The van der Waals surface area contributed by atoms with E-state index in [2.05, 4.69) is 26.2 Å². The van der Waals surface area contributed by atoms with E-state index in [-0.39, 0.29) is 12.2 Å². The first-order valence-electron chi connectivity index (χ1n) is 12.0. The highest BCUT2D eigenvalue weighted by molar-refractivity contribution is 5.80. The fraction of sp³-hybridized carbons (Fsp3) is 0.440. The summed E-state index contributed by atoms with van der Waals surface area (Å²) in [6.45, 7) is 3.61. The number of hydrogen-bond acceptors (Lipinski definition) is 8. The number of hydrogen-bond donors (Lipinski definition) is 1. The Balaban J connectivity index is 1.18. The molecule has 0 bridgehead atoms. The van der Waals surface area contributed by atoms with Gasteiger partial charge in [0.05, 0.1) is 11.8 Å². The van der Waals surface area contributed by atoms with Gasteiger partial charge in [-0.25, -0.2) is 19.3 Å². The van der Waals surface area contributed by atoms with Gasteiger partial charge in [-0.15, -0.1) is 6.42 Å². The summed E-state index contributed by atoms with van der Waals surface area (Å²) in [4.78, 5) is 26.0. The Kier molecular flexibility index (Phi) is 5.41. The second kappa shape index (κ2) is 8.74. The number of amides is 1. The van der Waals surface area contributed by atoms with Crippen molar-refractivity contribution in [2.24, 2.45) is 0 Å². The fourth-order valence-electron chi connectivity index (χ4n) is 4.52. The lowest BCUT2D eigenvalue weighted by atomic mass is 10.1. The third-order valence-corrected chi connectivity index (χ3v) is 6.74. The standard InChI is InChI=1S/C25H27N7O3/c1-2-25(8-10-26-17-25)35-24(33)31-14-12-30(13-15-31)21-7-11-32-22(29-21)20(16-28-32)19-4-3-9-27-23(19)34-18-5-6-18/h1,3-4,7,9,11,16,18,26H,5-6,8,10,12-15,17H2/t25-/m1/s1. The summed E-state index contributed by atoms with van der Waals surface area (Å²) in [5.41, 5.74) is 1.66. The topological polar surface area (TPSA) is 97.1 Å². The van der Waals surface area contributed by atoms with Crippen LogP contribution >= 0.6 is 0 Å². The van der Waals surface area contributed by atoms with Crippen molar-refractivity contribution >= 4 is 17.6 Å². The summed E-state index contributed by atoms with van der Waals surface area (Å²) in [5.74, 6) is 4.11. The molecule has 1 amide bonds. The summed E-state index contributed by atoms with van der Waals surface area (Å²) in [6.07, 6.45) is 13.8. The smallest absolute Gasteiger partial charge is 0.411 e. The number of pyridine rings is 1. The monoisotopic (exact) mass is 473 g/mol. The summed E-state index contributed by atoms with van der Waals surface area (Å²) in [6, 6.07) is 5.83. The molecule has 10 heteroatoms. The summed E-state index contributed by atoms with van der Waals surface area (Å²) in [5, 5.41) is 7.65. The molecular formula is C25H27N7O3. The number of carbonyl (C=O) groups excluding carboxylic acids is 1. The zero-order valence-electron chi connectivity index (χ0n) is 19.4. The third-order valence-electron chi connectivity index (χ3n) is 6.74. The first-order chi connectivity index (χ1) is 17.1. The highest BCUT2D eigenvalue weighted by Gasteiger charge is 2.38. The van der Waals surface area contributed by atoms with Crippen molar-refractivity contribution in [1.82, 2.24) is 29.8 Å². The predicted octanol–water partition coefficient (Wildman–Crippen LogP) is 1.96. The molecule has 0 aromatic carbocycles. The third kappa shape index (κ3) is 4.23. The van der Waals surface area contributed by atoms with Gasteiger partial charge < -0.3 is 24.6 Å². The maximum atomic E-state index is 12.7. The van der Waals surface area contributed by atoms with Crippen molar-refractivity contribution in [3.05, 3.63) is 36.8 Å². The minimum Gasteiger partial charge on any atom is -0.474 e. The van der Waals surface area contributed by atoms with E-state index in [1.165, 1.54) is 0 Å². The van der Waals surface area contributed by atoms with Crippen molar-refractivity contribution in [2.75, 3.05) is 44.2 Å². The molecule has 0 radical (unpaired) electrons. The van der Waals surface area contributed by atoms with Crippen LogP contribution in [0, 0.1) is 12.3 Å². The van der Waals surface area contributed by atoms with Gasteiger partial charge in [-0.1, -0.05) is 5.92 Å². The van der Waals surface area contributed by atoms with Gasteiger partial charge in [-0.3, -0.25) is 0 Å². The lowest BCUT2D eigenvalue weighted by Crippen LogP contribution is -2.51. The van der Waals surface area contributed by atoms with Crippen molar-refractivity contribution in [2.45, 2.75) is 31.0 Å². The normalized spacial score (nSPS) is 22.3. The van der Waals surface area contributed by atoms with E-state index in [0.29, 0.717) is 45.0 Å². The Bertz CT molecular complexity index is 1280. The molecule has 1 N–H and O–H groups in total. The van der Waals surface area contributed by atoms with Crippen LogP contribution in [0.15, 0.2) is 36.8 Å². The minimum absolute atomic E-state index is 0.248. The van der Waals surface area contributed by atoms with Gasteiger partial charge in [0, 0.05) is 63.6 Å². The molecule has 35 heavy (non-hydrogen) atoms. The Labute approximate surface area is 203 Å². The average Bonchev–Trinajstić information content (AvgIpc) is 3.42. The molecule has 3 aromatic heterocycles. The second-order valence-corrected chi connectivity index (χ2v) is 9.19. The molecule has 0 spiro atoms. The fourth-order valence-corrected chi connectivity index (χ4v) is 4.52. The molecule has 2 aliphatic heterocycles. The van der Waals surface area contributed by atoms with E-state index in [4.69, 9.17) is 20.9 Å². The first-order valence-corrected chi connectivity index (χ1v) is 12.0. The molecule has 3 fully saturated rings. The highest BCUT2D eigenvalue weighted by atomic mass is 16.6. The number of ether oxygens (including phenoxy) is 2. The number of terminal acetylenes is 1. The molecule has 1 saturated carbocycles. The van der Waals surface area contributed by atoms with Gasteiger partial charge in [0.2, 0.25) is 5.88 Å². The number of aromatic nitrogens is 4. The van der Waals surface area contributed by atoms with E-state index in [1.54, 1.807) is 21.8 Å². The Morgan fingerprint density at radius 2 is 2.06 bits per heavy atom. The van der Waals surface area contributed by atoms with Crippen molar-refractivity contribution in [3.8, 4) is 29.4 Å². The Morgan fingerprint density at radius 3 is 2.80 bits per heavy atom. The molecule has 6 rings (SSSR count). The zero-order chi connectivity index (χ0) is 23.8. The van der Waals surface area contributed by atoms with E-state index in [1.807, 2.05) is 24.4 Å². The number of nitrogens with one attached hydrogen (secondary N) is 1. The van der Waals surface area contributed by atoms with Crippen LogP contribution in [0.25, 0.3) is 16.8 Å². The van der Waals surface area contributed by atoms with Crippen molar-refractivity contribution in [1.29, 1.82) is 0 Å². The van der Waals surface area contributed by atoms with Crippen LogP contribution in [0.5, 0.6) is 5.88 Å². The van der Waals surface area contributed by atoms with Crippen LogP contribution in [0.1, 0.15) is 19.3 Å². The molecule has 0 unspecified atom stereocenters. The average molecular weight is 474 g/mol. The Hall–Kier alpha value is -3.84. The van der Waals surface area contributed by atoms with Crippen LogP contribution in [0.4, 0.5) is 10.6 Å². The zero-order valence-corrected chi connectivity index (χ0v) is 19.4. The van der Waals surface area contributed by atoms with Gasteiger partial charge in [0.1, 0.15) is 11.9 Å². The number of rotatable bonds is 5. The minimum atomic E-state index is -0.840. The summed E-state index contributed by atoms with van der Waals surface area (Å²) < 4.78 is 13.5. The van der Waals surface area contributed by atoms with E-state index in [9.17, 15) is 4.79 Å². The largest absolute Gasteiger partial charge is 0.474 e. The van der Waals surface area contributed by atoms with Crippen molar-refractivity contribution < 1.29 is 14.3 Å². The second-order valence-electron chi connectivity index (χ2n) is 9.19. The molecule has 3 aliphatic rings. The lowest BCUT2D eigenvalue weighted by Gasteiger charge is -2.36. The number of anilines is 1. The van der Waals surface area contributed by atoms with E-state index in [0.717, 1.165) is 42.0 Å². The number of fused-ring (bicyclic) bond motifs is 1.